The van der Waals surface area contributed by atoms with E-state index in [4.69, 9.17) is 4.74 Å². The molecule has 3 heterocycles. The van der Waals surface area contributed by atoms with E-state index in [0.29, 0.717) is 24.6 Å². The molecule has 0 spiro atoms. The predicted octanol–water partition coefficient (Wildman–Crippen LogP) is 7.26. The van der Waals surface area contributed by atoms with Crippen LogP contribution in [0.4, 0.5) is 10.5 Å². The van der Waals surface area contributed by atoms with Crippen LogP contribution >= 0.6 is 11.3 Å². The summed E-state index contributed by atoms with van der Waals surface area (Å²) in [4.78, 5) is 17.6. The molecule has 0 unspecified atom stereocenters. The third kappa shape index (κ3) is 3.99. The van der Waals surface area contributed by atoms with Gasteiger partial charge in [-0.3, -0.25) is 0 Å². The normalized spacial score (nSPS) is 16.5. The van der Waals surface area contributed by atoms with E-state index in [1.807, 2.05) is 47.4 Å². The van der Waals surface area contributed by atoms with Crippen LogP contribution in [0.25, 0.3) is 5.00 Å². The van der Waals surface area contributed by atoms with Crippen molar-refractivity contribution in [2.45, 2.75) is 52.1 Å². The van der Waals surface area contributed by atoms with Gasteiger partial charge in [-0.1, -0.05) is 42.0 Å². The first-order chi connectivity index (χ1) is 17.6. The van der Waals surface area contributed by atoms with E-state index >= 15 is 0 Å². The van der Waals surface area contributed by atoms with E-state index in [1.165, 1.54) is 39.4 Å². The maximum atomic E-state index is 14.1. The number of ether oxygens (including phenoxy) is 1. The number of para-hydroxylation sites is 2. The molecular formula is C30H31N3O2S. The quantitative estimate of drug-likeness (QED) is 0.322. The number of rotatable bonds is 4. The van der Waals surface area contributed by atoms with Gasteiger partial charge in [-0.15, -0.1) is 11.3 Å². The van der Waals surface area contributed by atoms with Crippen LogP contribution in [-0.2, 0) is 19.4 Å². The number of fused-ring (bicyclic) bond motifs is 5. The van der Waals surface area contributed by atoms with E-state index in [1.54, 1.807) is 0 Å². The van der Waals surface area contributed by atoms with Crippen LogP contribution in [0.5, 0.6) is 5.75 Å². The van der Waals surface area contributed by atoms with Gasteiger partial charge in [0.1, 0.15) is 10.8 Å². The second-order valence-corrected chi connectivity index (χ2v) is 10.7. The fourth-order valence-corrected chi connectivity index (χ4v) is 6.93. The molecule has 4 aromatic rings. The number of amides is 2. The summed E-state index contributed by atoms with van der Waals surface area (Å²) in [5.41, 5.74) is 6.88. The lowest BCUT2D eigenvalue weighted by molar-refractivity contribution is 0.194. The Morgan fingerprint density at radius 3 is 2.67 bits per heavy atom. The molecule has 2 aromatic carbocycles. The van der Waals surface area contributed by atoms with Crippen LogP contribution in [0.2, 0.25) is 0 Å². The van der Waals surface area contributed by atoms with Crippen LogP contribution in [0.3, 0.4) is 0 Å². The fraction of sp³-hybridized carbons (Fsp3) is 0.300. The standard InChI is InChI=1S/C30H31N3O2S/c1-3-35-26-12-6-5-10-24(26)31-30(34)33-19-23-22-9-4-7-13-27(22)36-29(23)32-18-8-11-25(32)28(33)21-16-14-20(2)15-17-21/h5-6,8,10-12,14-18,28H,3-4,7,9,13,19H2,1-2H3,(H,31,34)/t28-/m1/s1. The summed E-state index contributed by atoms with van der Waals surface area (Å²) in [6, 6.07) is 20.2. The number of anilines is 1. The van der Waals surface area contributed by atoms with Gasteiger partial charge in [-0.05, 0) is 74.9 Å². The molecule has 2 aromatic heterocycles. The van der Waals surface area contributed by atoms with E-state index in [-0.39, 0.29) is 12.1 Å². The van der Waals surface area contributed by atoms with E-state index in [2.05, 4.69) is 59.4 Å². The maximum absolute atomic E-state index is 14.1. The molecule has 5 nitrogen and oxygen atoms in total. The van der Waals surface area contributed by atoms with E-state index < -0.39 is 0 Å². The molecule has 1 aliphatic heterocycles. The van der Waals surface area contributed by atoms with Crippen molar-refractivity contribution in [3.8, 4) is 10.8 Å². The van der Waals surface area contributed by atoms with Gasteiger partial charge >= 0.3 is 6.03 Å². The molecule has 0 radical (unpaired) electrons. The molecule has 0 saturated heterocycles. The van der Waals surface area contributed by atoms with Crippen molar-refractivity contribution in [1.82, 2.24) is 9.47 Å². The molecule has 1 aliphatic carbocycles. The summed E-state index contributed by atoms with van der Waals surface area (Å²) >= 11 is 1.91. The largest absolute Gasteiger partial charge is 0.492 e. The Kier molecular flexibility index (Phi) is 6.05. The number of hydrogen-bond donors (Lipinski definition) is 1. The number of nitrogens with zero attached hydrogens (tertiary/aromatic N) is 2. The van der Waals surface area contributed by atoms with Gasteiger partial charge in [0.15, 0.2) is 0 Å². The highest BCUT2D eigenvalue weighted by Crippen LogP contribution is 2.44. The summed E-state index contributed by atoms with van der Waals surface area (Å²) in [7, 11) is 0. The Labute approximate surface area is 216 Å². The Morgan fingerprint density at radius 1 is 1.03 bits per heavy atom. The molecule has 6 rings (SSSR count). The highest BCUT2D eigenvalue weighted by atomic mass is 32.1. The van der Waals surface area contributed by atoms with Crippen LogP contribution in [0, 0.1) is 6.92 Å². The summed E-state index contributed by atoms with van der Waals surface area (Å²) in [6.07, 6.45) is 6.84. The molecule has 1 N–H and O–H groups in total. The molecule has 0 bridgehead atoms. The Hall–Kier alpha value is -3.51. The summed E-state index contributed by atoms with van der Waals surface area (Å²) in [5, 5.41) is 4.45. The Balaban J connectivity index is 1.48. The smallest absolute Gasteiger partial charge is 0.323 e. The van der Waals surface area contributed by atoms with Gasteiger partial charge in [0.05, 0.1) is 30.6 Å². The summed E-state index contributed by atoms with van der Waals surface area (Å²) in [6.45, 7) is 5.17. The van der Waals surface area contributed by atoms with Crippen molar-refractivity contribution in [2.75, 3.05) is 11.9 Å². The highest BCUT2D eigenvalue weighted by Gasteiger charge is 2.36. The first-order valence-corrected chi connectivity index (χ1v) is 13.6. The third-order valence-electron chi connectivity index (χ3n) is 7.26. The van der Waals surface area contributed by atoms with Gasteiger partial charge in [-0.25, -0.2) is 4.79 Å². The molecule has 1 atom stereocenters. The predicted molar refractivity (Wildman–Crippen MR) is 145 cm³/mol. The molecule has 0 saturated carbocycles. The van der Waals surface area contributed by atoms with Crippen LogP contribution in [-0.4, -0.2) is 22.1 Å². The minimum absolute atomic E-state index is 0.121. The van der Waals surface area contributed by atoms with Crippen LogP contribution < -0.4 is 10.1 Å². The first kappa shape index (κ1) is 22.9. The Bertz CT molecular complexity index is 1400. The highest BCUT2D eigenvalue weighted by molar-refractivity contribution is 7.15. The molecule has 6 heteroatoms. The number of thiophene rings is 1. The monoisotopic (exact) mass is 497 g/mol. The van der Waals surface area contributed by atoms with Crippen LogP contribution in [0.15, 0.2) is 66.9 Å². The SMILES string of the molecule is CCOc1ccccc1NC(=O)N1Cc2c(sc3c2CCCC3)-n2cccc2[C@H]1c1ccc(C)cc1. The first-order valence-electron chi connectivity index (χ1n) is 12.8. The molecular weight excluding hydrogens is 466 g/mol. The lowest BCUT2D eigenvalue weighted by atomic mass is 9.95. The van der Waals surface area contributed by atoms with Crippen molar-refractivity contribution in [1.29, 1.82) is 0 Å². The number of hydrogen-bond acceptors (Lipinski definition) is 3. The minimum Gasteiger partial charge on any atom is -0.492 e. The molecule has 2 amide bonds. The zero-order chi connectivity index (χ0) is 24.6. The average molecular weight is 498 g/mol. The van der Waals surface area contributed by atoms with Crippen molar-refractivity contribution in [3.05, 3.63) is 99.7 Å². The zero-order valence-corrected chi connectivity index (χ0v) is 21.6. The number of carbonyl (C=O) groups excluding carboxylic acids is 1. The van der Waals surface area contributed by atoms with Crippen molar-refractivity contribution < 1.29 is 9.53 Å². The van der Waals surface area contributed by atoms with E-state index in [9.17, 15) is 4.79 Å². The molecule has 36 heavy (non-hydrogen) atoms. The van der Waals surface area contributed by atoms with Crippen LogP contribution in [0.1, 0.15) is 58.6 Å². The van der Waals surface area contributed by atoms with Gasteiger partial charge in [0.25, 0.3) is 0 Å². The van der Waals surface area contributed by atoms with Crippen molar-refractivity contribution in [2.24, 2.45) is 0 Å². The fourth-order valence-electron chi connectivity index (χ4n) is 5.52. The zero-order valence-electron chi connectivity index (χ0n) is 20.8. The van der Waals surface area contributed by atoms with E-state index in [0.717, 1.165) is 24.1 Å². The maximum Gasteiger partial charge on any atom is 0.323 e. The number of aromatic nitrogens is 1. The summed E-state index contributed by atoms with van der Waals surface area (Å²) in [5.74, 6) is 0.687. The van der Waals surface area contributed by atoms with Gasteiger partial charge < -0.3 is 19.5 Å². The molecule has 0 fully saturated rings. The number of aryl methyl sites for hydroxylation is 2. The topological polar surface area (TPSA) is 46.5 Å². The van der Waals surface area contributed by atoms with Gasteiger partial charge in [-0.2, -0.15) is 0 Å². The number of nitrogens with one attached hydrogen (secondary N) is 1. The lowest BCUT2D eigenvalue weighted by Crippen LogP contribution is -2.38. The van der Waals surface area contributed by atoms with Crippen molar-refractivity contribution >= 4 is 23.1 Å². The Morgan fingerprint density at radius 2 is 1.83 bits per heavy atom. The third-order valence-corrected chi connectivity index (χ3v) is 8.59. The average Bonchev–Trinajstić information content (AvgIpc) is 3.48. The second-order valence-electron chi connectivity index (χ2n) is 9.60. The lowest BCUT2D eigenvalue weighted by Gasteiger charge is -2.31. The van der Waals surface area contributed by atoms with Crippen molar-refractivity contribution in [3.63, 3.8) is 0 Å². The van der Waals surface area contributed by atoms with Gasteiger partial charge in [0.2, 0.25) is 0 Å². The number of urea groups is 1. The second kappa shape index (κ2) is 9.51. The minimum atomic E-state index is -0.210. The number of carbonyl (C=O) groups is 1. The molecule has 2 aliphatic rings. The van der Waals surface area contributed by atoms with Gasteiger partial charge in [0, 0.05) is 16.6 Å². The molecule has 184 valence electrons. The summed E-state index contributed by atoms with van der Waals surface area (Å²) < 4.78 is 8.12. The number of benzene rings is 2.